The third kappa shape index (κ3) is 4.53. The first kappa shape index (κ1) is 21.6. The van der Waals surface area contributed by atoms with Crippen LogP contribution < -0.4 is 15.6 Å². The summed E-state index contributed by atoms with van der Waals surface area (Å²) in [6.07, 6.45) is 0.943. The Bertz CT molecular complexity index is 1320. The molecular weight excluding hydrogens is 422 g/mol. The summed E-state index contributed by atoms with van der Waals surface area (Å²) in [5, 5.41) is 3.83. The summed E-state index contributed by atoms with van der Waals surface area (Å²) in [7, 11) is 1.56. The molecule has 0 aliphatic rings. The lowest BCUT2D eigenvalue weighted by Gasteiger charge is -2.15. The second-order valence-electron chi connectivity index (χ2n) is 7.11. The van der Waals surface area contributed by atoms with E-state index in [9.17, 15) is 9.59 Å². The maximum Gasteiger partial charge on any atom is 0.266 e. The molecule has 0 aliphatic heterocycles. The van der Waals surface area contributed by atoms with Gasteiger partial charge in [0.25, 0.3) is 5.56 Å². The summed E-state index contributed by atoms with van der Waals surface area (Å²) in [5.41, 5.74) is 2.90. The summed E-state index contributed by atoms with van der Waals surface area (Å²) in [4.78, 5) is 30.6. The topological polar surface area (TPSA) is 73.2 Å². The smallest absolute Gasteiger partial charge is 0.266 e. The second kappa shape index (κ2) is 9.70. The van der Waals surface area contributed by atoms with Crippen molar-refractivity contribution in [3.8, 4) is 11.4 Å². The zero-order valence-corrected chi connectivity index (χ0v) is 18.7. The molecule has 0 atom stereocenters. The van der Waals surface area contributed by atoms with Crippen LogP contribution in [0.2, 0.25) is 0 Å². The molecule has 1 aromatic heterocycles. The van der Waals surface area contributed by atoms with Gasteiger partial charge in [0, 0.05) is 5.69 Å². The number of nitrogens with one attached hydrogen (secondary N) is 1. The minimum Gasteiger partial charge on any atom is -0.495 e. The van der Waals surface area contributed by atoms with Gasteiger partial charge in [-0.2, -0.15) is 0 Å². The number of amides is 1. The van der Waals surface area contributed by atoms with Gasteiger partial charge in [0.15, 0.2) is 5.16 Å². The zero-order valence-electron chi connectivity index (χ0n) is 17.9. The molecule has 3 aromatic carbocycles. The second-order valence-corrected chi connectivity index (χ2v) is 8.05. The predicted octanol–water partition coefficient (Wildman–Crippen LogP) is 4.69. The fraction of sp³-hybridized carbons (Fsp3) is 0.160. The fourth-order valence-corrected chi connectivity index (χ4v) is 4.19. The van der Waals surface area contributed by atoms with Gasteiger partial charge in [-0.15, -0.1) is 0 Å². The molecule has 7 heteroatoms. The number of para-hydroxylation sites is 3. The van der Waals surface area contributed by atoms with Gasteiger partial charge in [-0.05, 0) is 48.4 Å². The fourth-order valence-electron chi connectivity index (χ4n) is 3.39. The van der Waals surface area contributed by atoms with Crippen LogP contribution in [0.5, 0.6) is 5.75 Å². The van der Waals surface area contributed by atoms with Crippen LogP contribution in [-0.2, 0) is 11.2 Å². The number of fused-ring (bicyclic) bond motifs is 1. The molecule has 162 valence electrons. The molecule has 1 heterocycles. The minimum absolute atomic E-state index is 0.107. The number of nitrogens with zero attached hydrogens (tertiary/aromatic N) is 2. The van der Waals surface area contributed by atoms with E-state index in [4.69, 9.17) is 4.74 Å². The van der Waals surface area contributed by atoms with Crippen molar-refractivity contribution in [2.24, 2.45) is 0 Å². The van der Waals surface area contributed by atoms with Gasteiger partial charge >= 0.3 is 0 Å². The van der Waals surface area contributed by atoms with Crippen molar-refractivity contribution in [2.45, 2.75) is 18.5 Å². The molecule has 1 amide bonds. The molecule has 0 aliphatic carbocycles. The Morgan fingerprint density at radius 2 is 1.75 bits per heavy atom. The largest absolute Gasteiger partial charge is 0.495 e. The number of ether oxygens (including phenoxy) is 1. The molecule has 0 unspecified atom stereocenters. The van der Waals surface area contributed by atoms with Gasteiger partial charge in [-0.1, -0.05) is 55.1 Å². The highest BCUT2D eigenvalue weighted by molar-refractivity contribution is 7.99. The number of anilines is 1. The monoisotopic (exact) mass is 445 g/mol. The Morgan fingerprint density at radius 1 is 1.03 bits per heavy atom. The standard InChI is InChI=1S/C25H23N3O3S/c1-3-17-12-14-18(15-13-17)26-23(29)16-32-25-27-20-9-5-4-8-19(20)24(30)28(25)21-10-6-7-11-22(21)31-2/h4-15H,3,16H2,1-2H3,(H,26,29). The van der Waals surface area contributed by atoms with Gasteiger partial charge in [-0.3, -0.25) is 14.2 Å². The lowest BCUT2D eigenvalue weighted by molar-refractivity contribution is -0.113. The maximum absolute atomic E-state index is 13.4. The van der Waals surface area contributed by atoms with Gasteiger partial charge < -0.3 is 10.1 Å². The Hall–Kier alpha value is -3.58. The van der Waals surface area contributed by atoms with Crippen molar-refractivity contribution < 1.29 is 9.53 Å². The van der Waals surface area contributed by atoms with Crippen LogP contribution in [0.1, 0.15) is 12.5 Å². The van der Waals surface area contributed by atoms with Crippen LogP contribution in [-0.4, -0.2) is 28.3 Å². The number of aromatic nitrogens is 2. The number of hydrogen-bond donors (Lipinski definition) is 1. The number of methoxy groups -OCH3 is 1. The molecule has 0 saturated heterocycles. The highest BCUT2D eigenvalue weighted by Gasteiger charge is 2.17. The normalized spacial score (nSPS) is 10.8. The third-order valence-corrected chi connectivity index (χ3v) is 5.99. The van der Waals surface area contributed by atoms with Gasteiger partial charge in [0.1, 0.15) is 5.75 Å². The summed E-state index contributed by atoms with van der Waals surface area (Å²) in [5.74, 6) is 0.484. The molecule has 0 spiro atoms. The lowest BCUT2D eigenvalue weighted by Crippen LogP contribution is -2.23. The molecule has 0 radical (unpaired) electrons. The Morgan fingerprint density at radius 3 is 2.50 bits per heavy atom. The Balaban J connectivity index is 1.66. The van der Waals surface area contributed by atoms with Crippen molar-refractivity contribution >= 4 is 34.3 Å². The van der Waals surface area contributed by atoms with Crippen molar-refractivity contribution in [2.75, 3.05) is 18.2 Å². The quantitative estimate of drug-likeness (QED) is 0.330. The van der Waals surface area contributed by atoms with Crippen LogP contribution in [0, 0.1) is 0 Å². The number of rotatable bonds is 7. The van der Waals surface area contributed by atoms with E-state index in [2.05, 4.69) is 17.2 Å². The summed E-state index contributed by atoms with van der Waals surface area (Å²) in [6, 6.07) is 22.2. The zero-order chi connectivity index (χ0) is 22.5. The molecule has 32 heavy (non-hydrogen) atoms. The van der Waals surface area contributed by atoms with Crippen LogP contribution in [0.3, 0.4) is 0 Å². The summed E-state index contributed by atoms with van der Waals surface area (Å²) in [6.45, 7) is 2.09. The molecule has 0 fully saturated rings. The van der Waals surface area contributed by atoms with E-state index in [1.807, 2.05) is 48.5 Å². The SMILES string of the molecule is CCc1ccc(NC(=O)CSc2nc3ccccc3c(=O)n2-c2ccccc2OC)cc1. The number of hydrogen-bond acceptors (Lipinski definition) is 5. The van der Waals surface area contributed by atoms with E-state index in [0.29, 0.717) is 27.5 Å². The van der Waals surface area contributed by atoms with E-state index < -0.39 is 0 Å². The Labute approximate surface area is 190 Å². The predicted molar refractivity (Wildman–Crippen MR) is 129 cm³/mol. The summed E-state index contributed by atoms with van der Waals surface area (Å²) >= 11 is 1.21. The van der Waals surface area contributed by atoms with Gasteiger partial charge in [0.2, 0.25) is 5.91 Å². The molecule has 0 saturated carbocycles. The number of carbonyl (C=O) groups is 1. The maximum atomic E-state index is 13.4. The van der Waals surface area contributed by atoms with Crippen molar-refractivity contribution in [3.05, 3.63) is 88.7 Å². The van der Waals surface area contributed by atoms with Crippen LogP contribution in [0.4, 0.5) is 5.69 Å². The van der Waals surface area contributed by atoms with E-state index in [1.54, 1.807) is 31.4 Å². The number of benzene rings is 3. The highest BCUT2D eigenvalue weighted by atomic mass is 32.2. The van der Waals surface area contributed by atoms with E-state index in [-0.39, 0.29) is 17.2 Å². The van der Waals surface area contributed by atoms with E-state index >= 15 is 0 Å². The third-order valence-electron chi connectivity index (χ3n) is 5.05. The number of thioether (sulfide) groups is 1. The average molecular weight is 446 g/mol. The van der Waals surface area contributed by atoms with E-state index in [1.165, 1.54) is 21.9 Å². The lowest BCUT2D eigenvalue weighted by atomic mass is 10.1. The average Bonchev–Trinajstić information content (AvgIpc) is 2.83. The van der Waals surface area contributed by atoms with Gasteiger partial charge in [0.05, 0.1) is 29.5 Å². The molecule has 4 aromatic rings. The van der Waals surface area contributed by atoms with Crippen LogP contribution in [0.25, 0.3) is 16.6 Å². The first-order chi connectivity index (χ1) is 15.6. The van der Waals surface area contributed by atoms with Crippen molar-refractivity contribution in [1.29, 1.82) is 0 Å². The first-order valence-corrected chi connectivity index (χ1v) is 11.3. The van der Waals surface area contributed by atoms with Crippen LogP contribution in [0.15, 0.2) is 82.7 Å². The minimum atomic E-state index is -0.210. The highest BCUT2D eigenvalue weighted by Crippen LogP contribution is 2.27. The number of aryl methyl sites for hydroxylation is 1. The van der Waals surface area contributed by atoms with Crippen molar-refractivity contribution in [3.63, 3.8) is 0 Å². The molecular formula is C25H23N3O3S. The molecule has 1 N–H and O–H groups in total. The summed E-state index contributed by atoms with van der Waals surface area (Å²) < 4.78 is 6.98. The van der Waals surface area contributed by atoms with Crippen LogP contribution >= 0.6 is 11.8 Å². The first-order valence-electron chi connectivity index (χ1n) is 10.3. The molecule has 4 rings (SSSR count). The van der Waals surface area contributed by atoms with E-state index in [0.717, 1.165) is 12.1 Å². The van der Waals surface area contributed by atoms with Gasteiger partial charge in [-0.25, -0.2) is 4.98 Å². The Kier molecular flexibility index (Phi) is 6.56. The molecule has 6 nitrogen and oxygen atoms in total. The number of carbonyl (C=O) groups excluding carboxylic acids is 1. The molecule has 0 bridgehead atoms. The van der Waals surface area contributed by atoms with Crippen molar-refractivity contribution in [1.82, 2.24) is 9.55 Å².